The normalized spacial score (nSPS) is 11.1. The van der Waals surface area contributed by atoms with Crippen molar-refractivity contribution in [3.8, 4) is 11.4 Å². The molecule has 0 fully saturated rings. The molecule has 0 amide bonds. The van der Waals surface area contributed by atoms with Crippen LogP contribution in [0.2, 0.25) is 0 Å². The molecule has 2 aromatic carbocycles. The maximum Gasteiger partial charge on any atom is 0.191 e. The molecule has 0 aliphatic heterocycles. The van der Waals surface area contributed by atoms with Crippen LogP contribution in [0, 0.1) is 19.7 Å². The highest BCUT2D eigenvalue weighted by molar-refractivity contribution is 7.99. The largest absolute Gasteiger partial charge is 0.344 e. The van der Waals surface area contributed by atoms with Gasteiger partial charge in [0.1, 0.15) is 5.82 Å². The number of carbonyl (C=O) groups excluding carboxylic acids is 1. The molecule has 2 heterocycles. The molecule has 0 radical (unpaired) electrons. The molecular formula is C24H23FN4OS. The summed E-state index contributed by atoms with van der Waals surface area (Å²) in [7, 11) is 1.78. The molecule has 0 aliphatic rings. The molecule has 0 saturated heterocycles. The summed E-state index contributed by atoms with van der Waals surface area (Å²) in [6.45, 7) is 4.73. The van der Waals surface area contributed by atoms with E-state index in [-0.39, 0.29) is 17.4 Å². The van der Waals surface area contributed by atoms with Gasteiger partial charge in [-0.2, -0.15) is 0 Å². The van der Waals surface area contributed by atoms with Gasteiger partial charge in [0.25, 0.3) is 0 Å². The molecule has 0 saturated carbocycles. The van der Waals surface area contributed by atoms with E-state index >= 15 is 0 Å². The summed E-state index contributed by atoms with van der Waals surface area (Å²) in [5, 5.41) is 8.84. The second kappa shape index (κ2) is 8.89. The van der Waals surface area contributed by atoms with E-state index in [1.54, 1.807) is 29.8 Å². The summed E-state index contributed by atoms with van der Waals surface area (Å²) in [6.07, 6.45) is 0. The Morgan fingerprint density at radius 2 is 1.74 bits per heavy atom. The van der Waals surface area contributed by atoms with Crippen molar-refractivity contribution >= 4 is 17.5 Å². The number of Topliss-reactive ketones (excluding diaryl/α,β-unsaturated/α-hetero) is 1. The van der Waals surface area contributed by atoms with Crippen LogP contribution in [-0.4, -0.2) is 30.9 Å². The third kappa shape index (κ3) is 4.32. The first-order chi connectivity index (χ1) is 15.0. The SMILES string of the molecule is Cc1cc(C(=O)CSc2nnc(-c3ccccc3F)n2C)c(C)n1Cc1ccccc1. The van der Waals surface area contributed by atoms with Crippen LogP contribution in [0.3, 0.4) is 0 Å². The fourth-order valence-corrected chi connectivity index (χ4v) is 4.41. The molecule has 7 heteroatoms. The highest BCUT2D eigenvalue weighted by atomic mass is 32.2. The van der Waals surface area contributed by atoms with E-state index in [1.165, 1.54) is 23.4 Å². The number of ketones is 1. The van der Waals surface area contributed by atoms with Gasteiger partial charge in [0.05, 0.1) is 11.3 Å². The quantitative estimate of drug-likeness (QED) is 0.301. The Balaban J connectivity index is 1.49. The van der Waals surface area contributed by atoms with Crippen LogP contribution in [-0.2, 0) is 13.6 Å². The van der Waals surface area contributed by atoms with Gasteiger partial charge in [0, 0.05) is 30.5 Å². The number of halogens is 1. The molecular weight excluding hydrogens is 411 g/mol. The second-order valence-corrected chi connectivity index (χ2v) is 8.36. The Kier molecular flexibility index (Phi) is 6.04. The van der Waals surface area contributed by atoms with E-state index in [1.807, 2.05) is 38.1 Å². The van der Waals surface area contributed by atoms with Gasteiger partial charge in [0.15, 0.2) is 16.8 Å². The number of hydrogen-bond donors (Lipinski definition) is 0. The predicted molar refractivity (Wildman–Crippen MR) is 121 cm³/mol. The third-order valence-electron chi connectivity index (χ3n) is 5.34. The van der Waals surface area contributed by atoms with Gasteiger partial charge < -0.3 is 9.13 Å². The lowest BCUT2D eigenvalue weighted by Crippen LogP contribution is -2.08. The van der Waals surface area contributed by atoms with Crippen LogP contribution in [0.15, 0.2) is 65.8 Å². The van der Waals surface area contributed by atoms with E-state index in [0.29, 0.717) is 16.5 Å². The summed E-state index contributed by atoms with van der Waals surface area (Å²) < 4.78 is 18.0. The first kappa shape index (κ1) is 21.1. The first-order valence-corrected chi connectivity index (χ1v) is 10.9. The van der Waals surface area contributed by atoms with Crippen LogP contribution >= 0.6 is 11.8 Å². The minimum Gasteiger partial charge on any atom is -0.344 e. The monoisotopic (exact) mass is 434 g/mol. The van der Waals surface area contributed by atoms with Gasteiger partial charge in [0.2, 0.25) is 0 Å². The van der Waals surface area contributed by atoms with Crippen molar-refractivity contribution in [3.63, 3.8) is 0 Å². The number of nitrogens with zero attached hydrogens (tertiary/aromatic N) is 4. The fraction of sp³-hybridized carbons (Fsp3) is 0.208. The lowest BCUT2D eigenvalue weighted by Gasteiger charge is -2.10. The molecule has 2 aromatic heterocycles. The van der Waals surface area contributed by atoms with Crippen molar-refractivity contribution < 1.29 is 9.18 Å². The van der Waals surface area contributed by atoms with Crippen molar-refractivity contribution in [2.75, 3.05) is 5.75 Å². The molecule has 4 aromatic rings. The molecule has 158 valence electrons. The van der Waals surface area contributed by atoms with Gasteiger partial charge in [-0.25, -0.2) is 4.39 Å². The van der Waals surface area contributed by atoms with Gasteiger partial charge in [-0.15, -0.1) is 10.2 Å². The number of thioether (sulfide) groups is 1. The number of aromatic nitrogens is 4. The van der Waals surface area contributed by atoms with Crippen LogP contribution in [0.5, 0.6) is 0 Å². The van der Waals surface area contributed by atoms with Crippen molar-refractivity contribution in [1.29, 1.82) is 0 Å². The zero-order chi connectivity index (χ0) is 22.0. The standard InChI is InChI=1S/C24H23FN4OS/c1-16-13-20(17(2)29(16)14-18-9-5-4-6-10-18)22(30)15-31-24-27-26-23(28(24)3)19-11-7-8-12-21(19)25/h4-13H,14-15H2,1-3H3. The summed E-state index contributed by atoms with van der Waals surface area (Å²) in [5.41, 5.74) is 4.31. The summed E-state index contributed by atoms with van der Waals surface area (Å²) >= 11 is 1.31. The van der Waals surface area contributed by atoms with Crippen molar-refractivity contribution in [3.05, 3.63) is 89.0 Å². The van der Waals surface area contributed by atoms with E-state index in [2.05, 4.69) is 26.9 Å². The van der Waals surface area contributed by atoms with Crippen molar-refractivity contribution in [2.45, 2.75) is 25.5 Å². The average Bonchev–Trinajstić information content (AvgIpc) is 3.27. The van der Waals surface area contributed by atoms with E-state index in [4.69, 9.17) is 0 Å². The van der Waals surface area contributed by atoms with E-state index < -0.39 is 0 Å². The lowest BCUT2D eigenvalue weighted by atomic mass is 10.2. The van der Waals surface area contributed by atoms with Gasteiger partial charge in [-0.05, 0) is 37.6 Å². The van der Waals surface area contributed by atoms with Crippen molar-refractivity contribution in [2.24, 2.45) is 7.05 Å². The van der Waals surface area contributed by atoms with Crippen LogP contribution in [0.1, 0.15) is 27.3 Å². The first-order valence-electron chi connectivity index (χ1n) is 9.96. The van der Waals surface area contributed by atoms with E-state index in [9.17, 15) is 9.18 Å². The Hall–Kier alpha value is -3.19. The van der Waals surface area contributed by atoms with Crippen molar-refractivity contribution in [1.82, 2.24) is 19.3 Å². The number of benzene rings is 2. The zero-order valence-electron chi connectivity index (χ0n) is 17.7. The molecule has 0 spiro atoms. The molecule has 5 nitrogen and oxygen atoms in total. The molecule has 0 bridgehead atoms. The number of hydrogen-bond acceptors (Lipinski definition) is 4. The predicted octanol–water partition coefficient (Wildman–Crippen LogP) is 5.06. The number of aryl methyl sites for hydroxylation is 1. The Labute approximate surface area is 184 Å². The Bertz CT molecular complexity index is 1230. The molecule has 0 N–H and O–H groups in total. The third-order valence-corrected chi connectivity index (χ3v) is 6.36. The van der Waals surface area contributed by atoms with Gasteiger partial charge in [-0.3, -0.25) is 4.79 Å². The van der Waals surface area contributed by atoms with Gasteiger partial charge in [-0.1, -0.05) is 54.2 Å². The van der Waals surface area contributed by atoms with Crippen LogP contribution in [0.4, 0.5) is 4.39 Å². The number of carbonyl (C=O) groups is 1. The highest BCUT2D eigenvalue weighted by Gasteiger charge is 2.19. The second-order valence-electron chi connectivity index (χ2n) is 7.41. The highest BCUT2D eigenvalue weighted by Crippen LogP contribution is 2.26. The molecule has 31 heavy (non-hydrogen) atoms. The Morgan fingerprint density at radius 3 is 2.48 bits per heavy atom. The Morgan fingerprint density at radius 1 is 1.03 bits per heavy atom. The fourth-order valence-electron chi connectivity index (χ4n) is 3.62. The van der Waals surface area contributed by atoms with Gasteiger partial charge >= 0.3 is 0 Å². The maximum atomic E-state index is 14.1. The molecule has 0 atom stereocenters. The lowest BCUT2D eigenvalue weighted by molar-refractivity contribution is 0.102. The molecule has 0 unspecified atom stereocenters. The molecule has 4 rings (SSSR count). The van der Waals surface area contributed by atoms with Crippen LogP contribution < -0.4 is 0 Å². The topological polar surface area (TPSA) is 52.7 Å². The smallest absolute Gasteiger partial charge is 0.191 e. The average molecular weight is 435 g/mol. The van der Waals surface area contributed by atoms with Crippen LogP contribution in [0.25, 0.3) is 11.4 Å². The maximum absolute atomic E-state index is 14.1. The zero-order valence-corrected chi connectivity index (χ0v) is 18.5. The van der Waals surface area contributed by atoms with E-state index in [0.717, 1.165) is 23.5 Å². The minimum atomic E-state index is -0.350. The molecule has 0 aliphatic carbocycles. The summed E-state index contributed by atoms with van der Waals surface area (Å²) in [4.78, 5) is 12.9. The number of rotatable bonds is 7. The summed E-state index contributed by atoms with van der Waals surface area (Å²) in [5.74, 6) is 0.359. The minimum absolute atomic E-state index is 0.0350. The summed E-state index contributed by atoms with van der Waals surface area (Å²) in [6, 6.07) is 18.6.